The fourth-order valence-corrected chi connectivity index (χ4v) is 3.03. The highest BCUT2D eigenvalue weighted by Crippen LogP contribution is 2.36. The molecule has 1 aromatic rings. The molecule has 0 saturated carbocycles. The first-order valence-corrected chi connectivity index (χ1v) is 5.82. The van der Waals surface area contributed by atoms with E-state index < -0.39 is 5.97 Å². The van der Waals surface area contributed by atoms with Crippen LogP contribution < -0.4 is 0 Å². The first-order valence-electron chi connectivity index (χ1n) is 4.62. The van der Waals surface area contributed by atoms with Crippen molar-refractivity contribution in [3.05, 3.63) is 20.8 Å². The third kappa shape index (κ3) is 2.28. The van der Waals surface area contributed by atoms with Gasteiger partial charge >= 0.3 is 5.97 Å². The zero-order chi connectivity index (χ0) is 10.7. The molecular formula is C10H13ClO2S. The largest absolute Gasteiger partial charge is 0.477 e. The molecule has 0 aliphatic rings. The number of halogens is 1. The predicted molar refractivity (Wildman–Crippen MR) is 59.6 cm³/mol. The minimum absolute atomic E-state index is 0.330. The average molecular weight is 233 g/mol. The quantitative estimate of drug-likeness (QED) is 0.852. The van der Waals surface area contributed by atoms with Crippen LogP contribution in [0.25, 0.3) is 0 Å². The van der Waals surface area contributed by atoms with Gasteiger partial charge in [-0.15, -0.1) is 11.3 Å². The molecule has 14 heavy (non-hydrogen) atoms. The molecule has 78 valence electrons. The van der Waals surface area contributed by atoms with Gasteiger partial charge in [-0.05, 0) is 24.8 Å². The van der Waals surface area contributed by atoms with Gasteiger partial charge in [0.1, 0.15) is 4.88 Å². The van der Waals surface area contributed by atoms with Crippen LogP contribution in [0.3, 0.4) is 0 Å². The molecule has 0 fully saturated rings. The summed E-state index contributed by atoms with van der Waals surface area (Å²) in [6.45, 7) is 4.18. The first-order chi connectivity index (χ1) is 6.60. The van der Waals surface area contributed by atoms with Gasteiger partial charge in [-0.25, -0.2) is 4.79 Å². The summed E-state index contributed by atoms with van der Waals surface area (Å²) in [5, 5.41) is 9.40. The van der Waals surface area contributed by atoms with Crippen LogP contribution in [0.15, 0.2) is 6.07 Å². The summed E-state index contributed by atoms with van der Waals surface area (Å²) in [6, 6.07) is 1.54. The fourth-order valence-electron chi connectivity index (χ4n) is 1.43. The molecule has 0 atom stereocenters. The Hall–Kier alpha value is -0.540. The van der Waals surface area contributed by atoms with Crippen LogP contribution in [0.5, 0.6) is 0 Å². The van der Waals surface area contributed by atoms with Crippen molar-refractivity contribution in [2.24, 2.45) is 0 Å². The van der Waals surface area contributed by atoms with Crippen LogP contribution in [0, 0.1) is 0 Å². The molecule has 0 unspecified atom stereocenters. The Morgan fingerprint density at radius 2 is 2.14 bits per heavy atom. The van der Waals surface area contributed by atoms with Crippen LogP contribution in [-0.2, 0) is 0 Å². The summed E-state index contributed by atoms with van der Waals surface area (Å²) in [5.41, 5.74) is 0. The van der Waals surface area contributed by atoms with E-state index in [4.69, 9.17) is 16.7 Å². The van der Waals surface area contributed by atoms with Crippen molar-refractivity contribution in [3.63, 3.8) is 0 Å². The summed E-state index contributed by atoms with van der Waals surface area (Å²) in [7, 11) is 0. The third-order valence-corrected chi connectivity index (χ3v) is 3.99. The molecule has 0 aliphatic carbocycles. The number of carboxylic acids is 1. The molecule has 1 N–H and O–H groups in total. The molecule has 1 rings (SSSR count). The minimum Gasteiger partial charge on any atom is -0.477 e. The SMILES string of the molecule is CCC(CC)c1sc(C(=O)O)cc1Cl. The van der Waals surface area contributed by atoms with Crippen LogP contribution in [0.4, 0.5) is 0 Å². The second-order valence-corrected chi connectivity index (χ2v) is 4.63. The standard InChI is InChI=1S/C10H13ClO2S/c1-3-6(4-2)9-7(11)5-8(14-9)10(12)13/h5-6H,3-4H2,1-2H3,(H,12,13). The van der Waals surface area contributed by atoms with Crippen molar-refractivity contribution < 1.29 is 9.90 Å². The van der Waals surface area contributed by atoms with E-state index in [-0.39, 0.29) is 0 Å². The number of hydrogen-bond acceptors (Lipinski definition) is 2. The van der Waals surface area contributed by atoms with Gasteiger partial charge in [-0.2, -0.15) is 0 Å². The van der Waals surface area contributed by atoms with E-state index in [9.17, 15) is 4.79 Å². The van der Waals surface area contributed by atoms with E-state index in [0.717, 1.165) is 17.7 Å². The van der Waals surface area contributed by atoms with Gasteiger partial charge < -0.3 is 5.11 Å². The second-order valence-electron chi connectivity index (χ2n) is 3.14. The van der Waals surface area contributed by atoms with E-state index in [1.165, 1.54) is 11.3 Å². The number of aromatic carboxylic acids is 1. The molecule has 0 amide bonds. The Labute approximate surface area is 92.5 Å². The molecule has 4 heteroatoms. The maximum absolute atomic E-state index is 10.7. The maximum Gasteiger partial charge on any atom is 0.345 e. The topological polar surface area (TPSA) is 37.3 Å². The molecule has 1 aromatic heterocycles. The van der Waals surface area contributed by atoms with Crippen molar-refractivity contribution >= 4 is 28.9 Å². The summed E-state index contributed by atoms with van der Waals surface area (Å²) >= 11 is 7.28. The minimum atomic E-state index is -0.894. The molecule has 0 spiro atoms. The third-order valence-electron chi connectivity index (χ3n) is 2.28. The molecule has 0 bridgehead atoms. The Kier molecular flexibility index (Phi) is 3.96. The summed E-state index contributed by atoms with van der Waals surface area (Å²) < 4.78 is 0. The normalized spacial score (nSPS) is 10.9. The smallest absolute Gasteiger partial charge is 0.345 e. The Balaban J connectivity index is 3.02. The molecular weight excluding hydrogens is 220 g/mol. The van der Waals surface area contributed by atoms with Gasteiger partial charge in [0.25, 0.3) is 0 Å². The van der Waals surface area contributed by atoms with Gasteiger partial charge in [0.2, 0.25) is 0 Å². The molecule has 0 aromatic carbocycles. The van der Waals surface area contributed by atoms with E-state index in [1.54, 1.807) is 6.07 Å². The zero-order valence-corrected chi connectivity index (χ0v) is 9.78. The summed E-state index contributed by atoms with van der Waals surface area (Å²) in [6.07, 6.45) is 1.99. The van der Waals surface area contributed by atoms with Crippen LogP contribution in [-0.4, -0.2) is 11.1 Å². The number of rotatable bonds is 4. The molecule has 2 nitrogen and oxygen atoms in total. The van der Waals surface area contributed by atoms with E-state index in [0.29, 0.717) is 15.8 Å². The molecule has 0 saturated heterocycles. The fraction of sp³-hybridized carbons (Fsp3) is 0.500. The number of carboxylic acid groups (broad SMARTS) is 1. The van der Waals surface area contributed by atoms with Crippen molar-refractivity contribution in [1.29, 1.82) is 0 Å². The lowest BCUT2D eigenvalue weighted by Crippen LogP contribution is -1.92. The van der Waals surface area contributed by atoms with Gasteiger partial charge in [0.05, 0.1) is 5.02 Å². The highest BCUT2D eigenvalue weighted by molar-refractivity contribution is 7.14. The van der Waals surface area contributed by atoms with E-state index >= 15 is 0 Å². The van der Waals surface area contributed by atoms with Crippen LogP contribution in [0.1, 0.15) is 47.2 Å². The monoisotopic (exact) mass is 232 g/mol. The number of hydrogen-bond donors (Lipinski definition) is 1. The highest BCUT2D eigenvalue weighted by atomic mass is 35.5. The lowest BCUT2D eigenvalue weighted by molar-refractivity contribution is 0.0702. The Morgan fingerprint density at radius 3 is 2.50 bits per heavy atom. The zero-order valence-electron chi connectivity index (χ0n) is 8.21. The predicted octanol–water partition coefficient (Wildman–Crippen LogP) is 4.00. The van der Waals surface area contributed by atoms with E-state index in [1.807, 2.05) is 0 Å². The maximum atomic E-state index is 10.7. The van der Waals surface area contributed by atoms with Crippen molar-refractivity contribution in [3.8, 4) is 0 Å². The summed E-state index contributed by atoms with van der Waals surface area (Å²) in [5.74, 6) is -0.505. The average Bonchev–Trinajstić information content (AvgIpc) is 2.51. The van der Waals surface area contributed by atoms with E-state index in [2.05, 4.69) is 13.8 Å². The molecule has 0 radical (unpaired) electrons. The highest BCUT2D eigenvalue weighted by Gasteiger charge is 2.17. The van der Waals surface area contributed by atoms with Gasteiger partial charge in [-0.1, -0.05) is 25.4 Å². The summed E-state index contributed by atoms with van der Waals surface area (Å²) in [4.78, 5) is 12.1. The Morgan fingerprint density at radius 1 is 1.57 bits per heavy atom. The van der Waals surface area contributed by atoms with Gasteiger partial charge in [0.15, 0.2) is 0 Å². The lowest BCUT2D eigenvalue weighted by Gasteiger charge is -2.09. The molecule has 1 heterocycles. The van der Waals surface area contributed by atoms with Crippen LogP contribution in [0.2, 0.25) is 5.02 Å². The van der Waals surface area contributed by atoms with Crippen molar-refractivity contribution in [1.82, 2.24) is 0 Å². The number of carbonyl (C=O) groups is 1. The van der Waals surface area contributed by atoms with Crippen molar-refractivity contribution in [2.75, 3.05) is 0 Å². The van der Waals surface area contributed by atoms with Crippen LogP contribution >= 0.6 is 22.9 Å². The van der Waals surface area contributed by atoms with Gasteiger partial charge in [0, 0.05) is 4.88 Å². The molecule has 0 aliphatic heterocycles. The Bertz CT molecular complexity index is 329. The van der Waals surface area contributed by atoms with Gasteiger partial charge in [-0.3, -0.25) is 0 Å². The first kappa shape index (κ1) is 11.5. The lowest BCUT2D eigenvalue weighted by atomic mass is 10.0. The second kappa shape index (κ2) is 4.80. The number of thiophene rings is 1. The van der Waals surface area contributed by atoms with Crippen molar-refractivity contribution in [2.45, 2.75) is 32.6 Å².